The van der Waals surface area contributed by atoms with Gasteiger partial charge in [-0.1, -0.05) is 146 Å². The highest BCUT2D eigenvalue weighted by Crippen LogP contribution is 2.47. The quantitative estimate of drug-likeness (QED) is 0.165. The summed E-state index contributed by atoms with van der Waals surface area (Å²) in [6, 6.07) is 52.6. The molecule has 4 heteroatoms. The third-order valence-corrected chi connectivity index (χ3v) is 13.2. The minimum Gasteiger partial charge on any atom is -0.456 e. The highest BCUT2D eigenvalue weighted by molar-refractivity contribution is 6.99. The van der Waals surface area contributed by atoms with Crippen LogP contribution >= 0.6 is 0 Å². The first kappa shape index (κ1) is 34.3. The van der Waals surface area contributed by atoms with Crippen LogP contribution in [0.1, 0.15) is 77.6 Å². The van der Waals surface area contributed by atoms with Gasteiger partial charge in [-0.15, -0.1) is 0 Å². The van der Waals surface area contributed by atoms with Crippen LogP contribution in [0, 0.1) is 0 Å². The standard InChI is InChI=1S/C53H47BN2O/c1-51(2,3)32-21-24-34(25-22-32)55-46-30-39-38-17-11-14-20-48(38)57-49(39)31-43(46)54-42-27-33(52(4,5)6)23-26-40(42)53(7,8)41-28-35(29-47(55)50(41)54)56-44-18-12-9-15-36(44)37-16-10-13-19-45(37)56/h9-31H,1-8H3. The lowest BCUT2D eigenvalue weighted by Crippen LogP contribution is -2.64. The third-order valence-electron chi connectivity index (χ3n) is 13.2. The molecule has 0 spiro atoms. The fraction of sp³-hybridized carbons (Fsp3) is 0.208. The smallest absolute Gasteiger partial charge is 0.247 e. The van der Waals surface area contributed by atoms with Crippen molar-refractivity contribution in [1.82, 2.24) is 4.57 Å². The summed E-state index contributed by atoms with van der Waals surface area (Å²) < 4.78 is 9.17. The first-order valence-electron chi connectivity index (χ1n) is 20.5. The second kappa shape index (κ2) is 11.5. The van der Waals surface area contributed by atoms with Gasteiger partial charge in [0.15, 0.2) is 0 Å². The molecule has 0 aliphatic carbocycles. The van der Waals surface area contributed by atoms with Gasteiger partial charge in [0.25, 0.3) is 0 Å². The van der Waals surface area contributed by atoms with E-state index in [-0.39, 0.29) is 23.0 Å². The zero-order valence-corrected chi connectivity index (χ0v) is 34.2. The van der Waals surface area contributed by atoms with Crippen LogP contribution in [0.2, 0.25) is 0 Å². The average molecular weight is 739 g/mol. The monoisotopic (exact) mass is 738 g/mol. The van der Waals surface area contributed by atoms with Gasteiger partial charge in [0.1, 0.15) is 11.2 Å². The van der Waals surface area contributed by atoms with E-state index in [1.807, 2.05) is 0 Å². The first-order chi connectivity index (χ1) is 27.3. The topological polar surface area (TPSA) is 21.3 Å². The van der Waals surface area contributed by atoms with Crippen LogP contribution in [-0.4, -0.2) is 11.3 Å². The predicted molar refractivity (Wildman–Crippen MR) is 243 cm³/mol. The van der Waals surface area contributed by atoms with E-state index in [2.05, 4.69) is 204 Å². The normalized spacial score (nSPS) is 14.7. The van der Waals surface area contributed by atoms with E-state index in [1.54, 1.807) is 0 Å². The van der Waals surface area contributed by atoms with Gasteiger partial charge in [0.2, 0.25) is 6.71 Å². The number of rotatable bonds is 2. The van der Waals surface area contributed by atoms with Crippen molar-refractivity contribution < 1.29 is 4.42 Å². The second-order valence-electron chi connectivity index (χ2n) is 19.0. The summed E-state index contributed by atoms with van der Waals surface area (Å²) in [4.78, 5) is 2.56. The SMILES string of the molecule is CC(C)(C)c1ccc(N2c3cc4c(cc3B3c5cc(C(C)(C)C)ccc5C(C)(C)c5cc(-n6c7ccccc7c7ccccc76)cc2c53)oc2ccccc24)cc1. The Bertz CT molecular complexity index is 3070. The molecule has 11 rings (SSSR count). The van der Waals surface area contributed by atoms with Gasteiger partial charge in [-0.3, -0.25) is 0 Å². The van der Waals surface area contributed by atoms with E-state index in [1.165, 1.54) is 77.5 Å². The van der Waals surface area contributed by atoms with E-state index in [0.29, 0.717) is 0 Å². The number of hydrogen-bond donors (Lipinski definition) is 0. The van der Waals surface area contributed by atoms with Crippen molar-refractivity contribution in [1.29, 1.82) is 0 Å². The third kappa shape index (κ3) is 4.86. The number of furan rings is 1. The Labute approximate surface area is 335 Å². The molecular formula is C53H47BN2O. The van der Waals surface area contributed by atoms with E-state index in [4.69, 9.17) is 4.42 Å². The van der Waals surface area contributed by atoms with Gasteiger partial charge in [-0.2, -0.15) is 0 Å². The molecule has 0 unspecified atom stereocenters. The maximum Gasteiger partial charge on any atom is 0.247 e. The molecule has 7 aromatic carbocycles. The van der Waals surface area contributed by atoms with Crippen LogP contribution in [0.3, 0.4) is 0 Å². The van der Waals surface area contributed by atoms with Gasteiger partial charge in [-0.05, 0) is 98.6 Å². The fourth-order valence-electron chi connectivity index (χ4n) is 10.1. The van der Waals surface area contributed by atoms with Crippen molar-refractivity contribution in [3.8, 4) is 5.69 Å². The number of nitrogens with zero attached hydrogens (tertiary/aromatic N) is 2. The van der Waals surface area contributed by atoms with Crippen molar-refractivity contribution in [2.24, 2.45) is 0 Å². The van der Waals surface area contributed by atoms with Crippen molar-refractivity contribution in [2.45, 2.75) is 71.6 Å². The summed E-state index contributed by atoms with van der Waals surface area (Å²) in [5.41, 5.74) is 18.3. The second-order valence-corrected chi connectivity index (χ2v) is 19.0. The molecule has 0 radical (unpaired) electrons. The molecule has 0 saturated heterocycles. The van der Waals surface area contributed by atoms with Gasteiger partial charge < -0.3 is 13.9 Å². The van der Waals surface area contributed by atoms with E-state index in [0.717, 1.165) is 27.6 Å². The predicted octanol–water partition coefficient (Wildman–Crippen LogP) is 12.2. The summed E-state index contributed by atoms with van der Waals surface area (Å²) in [6.45, 7) is 18.8. The van der Waals surface area contributed by atoms with Crippen LogP contribution in [0.25, 0.3) is 49.4 Å². The molecule has 9 aromatic rings. The Balaban J connectivity index is 1.30. The van der Waals surface area contributed by atoms with Crippen LogP contribution in [0.5, 0.6) is 0 Å². The summed E-state index contributed by atoms with van der Waals surface area (Å²) in [5, 5.41) is 4.82. The van der Waals surface area contributed by atoms with Crippen LogP contribution in [-0.2, 0) is 16.2 Å². The molecule has 0 saturated carbocycles. The molecule has 2 aromatic heterocycles. The lowest BCUT2D eigenvalue weighted by molar-refractivity contribution is 0.588. The number of anilines is 3. The summed E-state index contributed by atoms with van der Waals surface area (Å²) in [7, 11) is 0. The molecule has 57 heavy (non-hydrogen) atoms. The number of para-hydroxylation sites is 3. The van der Waals surface area contributed by atoms with Crippen LogP contribution in [0.15, 0.2) is 144 Å². The van der Waals surface area contributed by atoms with Crippen LogP contribution in [0.4, 0.5) is 17.1 Å². The summed E-state index contributed by atoms with van der Waals surface area (Å²) >= 11 is 0. The molecule has 0 amide bonds. The first-order valence-corrected chi connectivity index (χ1v) is 20.5. The average Bonchev–Trinajstić information content (AvgIpc) is 3.73. The van der Waals surface area contributed by atoms with Crippen molar-refractivity contribution in [2.75, 3.05) is 4.90 Å². The van der Waals surface area contributed by atoms with E-state index >= 15 is 0 Å². The summed E-state index contributed by atoms with van der Waals surface area (Å²) in [5.74, 6) is 0. The molecule has 4 heterocycles. The van der Waals surface area contributed by atoms with E-state index < -0.39 is 0 Å². The molecular weight excluding hydrogens is 691 g/mol. The molecule has 0 N–H and O–H groups in total. The number of fused-ring (bicyclic) bond motifs is 10. The number of hydrogen-bond acceptors (Lipinski definition) is 2. The van der Waals surface area contributed by atoms with Gasteiger partial charge in [0.05, 0.1) is 11.0 Å². The van der Waals surface area contributed by atoms with Crippen molar-refractivity contribution in [3.63, 3.8) is 0 Å². The molecule has 278 valence electrons. The van der Waals surface area contributed by atoms with Crippen molar-refractivity contribution >= 4 is 83.9 Å². The largest absolute Gasteiger partial charge is 0.456 e. The molecule has 0 fully saturated rings. The fourth-order valence-corrected chi connectivity index (χ4v) is 10.1. The molecule has 3 nitrogen and oxygen atoms in total. The minimum absolute atomic E-state index is 0.00367. The Morgan fingerprint density at radius 2 is 1.11 bits per heavy atom. The lowest BCUT2D eigenvalue weighted by atomic mass is 9.30. The molecule has 2 aliphatic rings. The van der Waals surface area contributed by atoms with Crippen molar-refractivity contribution in [3.05, 3.63) is 162 Å². The highest BCUT2D eigenvalue weighted by atomic mass is 16.3. The van der Waals surface area contributed by atoms with Gasteiger partial charge in [0, 0.05) is 49.7 Å². The molecule has 2 aliphatic heterocycles. The highest BCUT2D eigenvalue weighted by Gasteiger charge is 2.47. The Morgan fingerprint density at radius 3 is 1.77 bits per heavy atom. The number of aromatic nitrogens is 1. The van der Waals surface area contributed by atoms with Gasteiger partial charge >= 0.3 is 0 Å². The Morgan fingerprint density at radius 1 is 0.491 bits per heavy atom. The Hall–Kier alpha value is -6.00. The minimum atomic E-state index is -0.274. The summed E-state index contributed by atoms with van der Waals surface area (Å²) in [6.07, 6.45) is 0. The van der Waals surface area contributed by atoms with E-state index in [9.17, 15) is 0 Å². The maximum atomic E-state index is 6.68. The Kier molecular flexibility index (Phi) is 6.94. The zero-order valence-electron chi connectivity index (χ0n) is 34.2. The zero-order chi connectivity index (χ0) is 39.2. The lowest BCUT2D eigenvalue weighted by Gasteiger charge is -2.46. The molecule has 0 atom stereocenters. The number of benzene rings is 7. The maximum absolute atomic E-state index is 6.68. The molecule has 0 bridgehead atoms. The van der Waals surface area contributed by atoms with Gasteiger partial charge in [-0.25, -0.2) is 0 Å². The van der Waals surface area contributed by atoms with Crippen LogP contribution < -0.4 is 21.3 Å².